The molecule has 0 aromatic heterocycles. The van der Waals surface area contributed by atoms with E-state index in [2.05, 4.69) is 0 Å². The molecule has 0 aliphatic carbocycles. The Morgan fingerprint density at radius 1 is 1.33 bits per heavy atom. The van der Waals surface area contributed by atoms with E-state index >= 15 is 0 Å². The third kappa shape index (κ3) is 2.94. The Morgan fingerprint density at radius 3 is 2.72 bits per heavy atom. The second kappa shape index (κ2) is 5.76. The third-order valence-corrected chi connectivity index (χ3v) is 3.31. The number of hydrogen-bond donors (Lipinski definition) is 1. The van der Waals surface area contributed by atoms with Crippen molar-refractivity contribution in [3.63, 3.8) is 0 Å². The Balaban J connectivity index is 2.07. The number of amides is 1. The molecule has 0 bridgehead atoms. The van der Waals surface area contributed by atoms with E-state index in [4.69, 9.17) is 4.74 Å². The Hall–Kier alpha value is -1.71. The maximum atomic E-state index is 12.1. The summed E-state index contributed by atoms with van der Waals surface area (Å²) in [6.07, 6.45) is 3.67. The average Bonchev–Trinajstić information content (AvgIpc) is 2.40. The van der Waals surface area contributed by atoms with E-state index in [9.17, 15) is 9.90 Å². The first-order chi connectivity index (χ1) is 8.70. The van der Waals surface area contributed by atoms with Crippen LogP contribution in [-0.4, -0.2) is 36.1 Å². The Kier molecular flexibility index (Phi) is 4.07. The lowest BCUT2D eigenvalue weighted by atomic mass is 10.1. The number of likely N-dealkylation sites (tertiary alicyclic amines) is 1. The minimum Gasteiger partial charge on any atom is -0.508 e. The first-order valence-corrected chi connectivity index (χ1v) is 6.34. The molecule has 98 valence electrons. The first-order valence-electron chi connectivity index (χ1n) is 6.34. The van der Waals surface area contributed by atoms with Crippen LogP contribution in [0.25, 0.3) is 0 Å². The fraction of sp³-hybridized carbons (Fsp3) is 0.500. The van der Waals surface area contributed by atoms with Gasteiger partial charge in [0.05, 0.1) is 13.5 Å². The molecule has 1 aliphatic heterocycles. The molecule has 2 rings (SSSR count). The van der Waals surface area contributed by atoms with Gasteiger partial charge >= 0.3 is 0 Å². The van der Waals surface area contributed by atoms with Crippen LogP contribution in [0.4, 0.5) is 0 Å². The molecule has 0 spiro atoms. The average molecular weight is 249 g/mol. The SMILES string of the molecule is COc1ccc(O)cc1CC(=O)N1CCCCC1. The van der Waals surface area contributed by atoms with Gasteiger partial charge in [0.1, 0.15) is 11.5 Å². The summed E-state index contributed by atoms with van der Waals surface area (Å²) >= 11 is 0. The fourth-order valence-corrected chi connectivity index (χ4v) is 2.32. The summed E-state index contributed by atoms with van der Waals surface area (Å²) in [7, 11) is 1.57. The second-order valence-corrected chi connectivity index (χ2v) is 4.61. The fourth-order valence-electron chi connectivity index (χ4n) is 2.32. The first kappa shape index (κ1) is 12.7. The van der Waals surface area contributed by atoms with Gasteiger partial charge in [0.2, 0.25) is 5.91 Å². The predicted molar refractivity (Wildman–Crippen MR) is 68.8 cm³/mol. The number of carbonyl (C=O) groups excluding carboxylic acids is 1. The van der Waals surface area contributed by atoms with E-state index < -0.39 is 0 Å². The van der Waals surface area contributed by atoms with E-state index in [0.717, 1.165) is 31.5 Å². The van der Waals surface area contributed by atoms with Crippen molar-refractivity contribution in [3.8, 4) is 11.5 Å². The molecule has 0 radical (unpaired) electrons. The number of benzene rings is 1. The molecule has 1 N–H and O–H groups in total. The number of phenols is 1. The van der Waals surface area contributed by atoms with E-state index in [1.165, 1.54) is 6.42 Å². The summed E-state index contributed by atoms with van der Waals surface area (Å²) in [5.74, 6) is 0.925. The van der Waals surface area contributed by atoms with E-state index in [-0.39, 0.29) is 18.1 Å². The zero-order valence-electron chi connectivity index (χ0n) is 10.7. The normalized spacial score (nSPS) is 15.5. The number of carbonyl (C=O) groups is 1. The largest absolute Gasteiger partial charge is 0.508 e. The molecule has 4 nitrogen and oxygen atoms in total. The van der Waals surface area contributed by atoms with Crippen molar-refractivity contribution in [1.29, 1.82) is 0 Å². The van der Waals surface area contributed by atoms with Crippen molar-refractivity contribution in [2.24, 2.45) is 0 Å². The Bertz CT molecular complexity index is 425. The number of phenolic OH excluding ortho intramolecular Hbond substituents is 1. The van der Waals surface area contributed by atoms with Crippen LogP contribution in [0.1, 0.15) is 24.8 Å². The smallest absolute Gasteiger partial charge is 0.227 e. The lowest BCUT2D eigenvalue weighted by Gasteiger charge is -2.27. The Labute approximate surface area is 107 Å². The number of piperidine rings is 1. The molecule has 0 atom stereocenters. The highest BCUT2D eigenvalue weighted by atomic mass is 16.5. The summed E-state index contributed by atoms with van der Waals surface area (Å²) in [4.78, 5) is 14.0. The van der Waals surface area contributed by atoms with Crippen molar-refractivity contribution < 1.29 is 14.6 Å². The lowest BCUT2D eigenvalue weighted by molar-refractivity contribution is -0.131. The molecule has 0 saturated carbocycles. The summed E-state index contributed by atoms with van der Waals surface area (Å²) in [5.41, 5.74) is 0.744. The zero-order chi connectivity index (χ0) is 13.0. The van der Waals surface area contributed by atoms with Gasteiger partial charge in [0.15, 0.2) is 0 Å². The summed E-state index contributed by atoms with van der Waals surface area (Å²) in [5, 5.41) is 9.48. The van der Waals surface area contributed by atoms with Crippen LogP contribution in [0.3, 0.4) is 0 Å². The predicted octanol–water partition coefficient (Wildman–Crippen LogP) is 1.96. The minimum atomic E-state index is 0.110. The van der Waals surface area contributed by atoms with Gasteiger partial charge in [-0.15, -0.1) is 0 Å². The summed E-state index contributed by atoms with van der Waals surface area (Å²) in [6, 6.07) is 4.85. The van der Waals surface area contributed by atoms with Crippen LogP contribution in [-0.2, 0) is 11.2 Å². The van der Waals surface area contributed by atoms with E-state index in [0.29, 0.717) is 5.75 Å². The van der Waals surface area contributed by atoms with Crippen molar-refractivity contribution >= 4 is 5.91 Å². The Morgan fingerprint density at radius 2 is 2.06 bits per heavy atom. The molecule has 1 amide bonds. The molecule has 1 aromatic carbocycles. The van der Waals surface area contributed by atoms with Gasteiger partial charge in [-0.3, -0.25) is 4.79 Å². The van der Waals surface area contributed by atoms with Crippen LogP contribution < -0.4 is 4.74 Å². The lowest BCUT2D eigenvalue weighted by Crippen LogP contribution is -2.36. The molecule has 1 fully saturated rings. The molecule has 18 heavy (non-hydrogen) atoms. The van der Waals surface area contributed by atoms with E-state index in [1.807, 2.05) is 4.90 Å². The summed E-state index contributed by atoms with van der Waals surface area (Å²) < 4.78 is 5.21. The molecule has 4 heteroatoms. The van der Waals surface area contributed by atoms with Gasteiger partial charge in [-0.2, -0.15) is 0 Å². The maximum Gasteiger partial charge on any atom is 0.227 e. The van der Waals surface area contributed by atoms with Gasteiger partial charge in [0, 0.05) is 18.7 Å². The maximum absolute atomic E-state index is 12.1. The molecule has 0 unspecified atom stereocenters. The number of rotatable bonds is 3. The van der Waals surface area contributed by atoms with Crippen molar-refractivity contribution in [3.05, 3.63) is 23.8 Å². The van der Waals surface area contributed by atoms with Crippen LogP contribution in [0.5, 0.6) is 11.5 Å². The van der Waals surface area contributed by atoms with Gasteiger partial charge in [-0.05, 0) is 37.5 Å². The van der Waals surface area contributed by atoms with Crippen molar-refractivity contribution in [1.82, 2.24) is 4.90 Å². The molecular formula is C14H19NO3. The van der Waals surface area contributed by atoms with Crippen molar-refractivity contribution in [2.75, 3.05) is 20.2 Å². The van der Waals surface area contributed by atoms with Crippen LogP contribution >= 0.6 is 0 Å². The van der Waals surface area contributed by atoms with Crippen molar-refractivity contribution in [2.45, 2.75) is 25.7 Å². The standard InChI is InChI=1S/C14H19NO3/c1-18-13-6-5-12(16)9-11(13)10-14(17)15-7-3-2-4-8-15/h5-6,9,16H,2-4,7-8,10H2,1H3. The minimum absolute atomic E-state index is 0.110. The molecular weight excluding hydrogens is 230 g/mol. The highest BCUT2D eigenvalue weighted by molar-refractivity contribution is 5.79. The monoisotopic (exact) mass is 249 g/mol. The number of aromatic hydroxyl groups is 1. The highest BCUT2D eigenvalue weighted by Gasteiger charge is 2.18. The number of ether oxygens (including phenoxy) is 1. The van der Waals surface area contributed by atoms with Gasteiger partial charge in [-0.25, -0.2) is 0 Å². The number of hydrogen-bond acceptors (Lipinski definition) is 3. The second-order valence-electron chi connectivity index (χ2n) is 4.61. The van der Waals surface area contributed by atoms with Crippen LogP contribution in [0.15, 0.2) is 18.2 Å². The van der Waals surface area contributed by atoms with Gasteiger partial charge in [-0.1, -0.05) is 0 Å². The third-order valence-electron chi connectivity index (χ3n) is 3.31. The quantitative estimate of drug-likeness (QED) is 0.890. The number of nitrogens with zero attached hydrogens (tertiary/aromatic N) is 1. The topological polar surface area (TPSA) is 49.8 Å². The number of methoxy groups -OCH3 is 1. The van der Waals surface area contributed by atoms with Crippen LogP contribution in [0, 0.1) is 0 Å². The van der Waals surface area contributed by atoms with E-state index in [1.54, 1.807) is 25.3 Å². The van der Waals surface area contributed by atoms with Gasteiger partial charge in [0.25, 0.3) is 0 Å². The zero-order valence-corrected chi connectivity index (χ0v) is 10.7. The highest BCUT2D eigenvalue weighted by Crippen LogP contribution is 2.24. The van der Waals surface area contributed by atoms with Gasteiger partial charge < -0.3 is 14.7 Å². The van der Waals surface area contributed by atoms with Crippen LogP contribution in [0.2, 0.25) is 0 Å². The molecule has 1 heterocycles. The molecule has 1 saturated heterocycles. The summed E-state index contributed by atoms with van der Waals surface area (Å²) in [6.45, 7) is 1.69. The molecule has 1 aromatic rings. The molecule has 1 aliphatic rings.